The first-order valence-electron chi connectivity index (χ1n) is 6.78. The van der Waals surface area contributed by atoms with Gasteiger partial charge in [-0.2, -0.15) is 17.0 Å². The molecule has 0 saturated heterocycles. The van der Waals surface area contributed by atoms with Crippen molar-refractivity contribution in [3.8, 4) is 6.07 Å². The highest BCUT2D eigenvalue weighted by Gasteiger charge is 2.15. The second-order valence-corrected chi connectivity index (χ2v) is 6.64. The lowest BCUT2D eigenvalue weighted by Gasteiger charge is -2.14. The van der Waals surface area contributed by atoms with Crippen LogP contribution >= 0.6 is 11.8 Å². The molecule has 0 saturated carbocycles. The zero-order valence-corrected chi connectivity index (χ0v) is 13.0. The van der Waals surface area contributed by atoms with Gasteiger partial charge in [-0.15, -0.1) is 0 Å². The van der Waals surface area contributed by atoms with Crippen molar-refractivity contribution in [1.29, 1.82) is 5.26 Å². The van der Waals surface area contributed by atoms with Crippen molar-refractivity contribution < 1.29 is 0 Å². The maximum absolute atomic E-state index is 8.82. The standard InChI is InChI=1S/C16H24N2S/c1-13-8-14(2)10-15(9-13)11-19-7-5-4-6-16(3,18)12-17/h8-10H,4-7,11,18H2,1-3H3. The van der Waals surface area contributed by atoms with Crippen LogP contribution < -0.4 is 5.73 Å². The molecule has 1 unspecified atom stereocenters. The third-order valence-corrected chi connectivity index (χ3v) is 4.16. The molecule has 1 rings (SSSR count). The monoisotopic (exact) mass is 276 g/mol. The van der Waals surface area contributed by atoms with Gasteiger partial charge in [0.15, 0.2) is 0 Å². The molecule has 0 aliphatic rings. The number of hydrogen-bond acceptors (Lipinski definition) is 3. The Hall–Kier alpha value is -0.980. The Bertz CT molecular complexity index is 426. The number of unbranched alkanes of at least 4 members (excludes halogenated alkanes) is 1. The fourth-order valence-electron chi connectivity index (χ4n) is 2.09. The van der Waals surface area contributed by atoms with Crippen LogP contribution in [0.25, 0.3) is 0 Å². The number of nitrogens with zero attached hydrogens (tertiary/aromatic N) is 1. The van der Waals surface area contributed by atoms with Crippen LogP contribution in [0.1, 0.15) is 42.9 Å². The lowest BCUT2D eigenvalue weighted by molar-refractivity contribution is 0.519. The highest BCUT2D eigenvalue weighted by Crippen LogP contribution is 2.18. The Kier molecular flexibility index (Phi) is 6.41. The van der Waals surface area contributed by atoms with Gasteiger partial charge in [-0.3, -0.25) is 0 Å². The van der Waals surface area contributed by atoms with Gasteiger partial charge in [0.2, 0.25) is 0 Å². The molecule has 2 N–H and O–H groups in total. The van der Waals surface area contributed by atoms with Gasteiger partial charge in [0, 0.05) is 5.75 Å². The molecule has 0 fully saturated rings. The van der Waals surface area contributed by atoms with Crippen LogP contribution in [0.4, 0.5) is 0 Å². The van der Waals surface area contributed by atoms with Crippen molar-refractivity contribution in [2.45, 2.75) is 51.3 Å². The summed E-state index contributed by atoms with van der Waals surface area (Å²) < 4.78 is 0. The molecule has 0 bridgehead atoms. The van der Waals surface area contributed by atoms with E-state index in [-0.39, 0.29) is 0 Å². The van der Waals surface area contributed by atoms with Crippen LogP contribution in [0.2, 0.25) is 0 Å². The smallest absolute Gasteiger partial charge is 0.101 e. The summed E-state index contributed by atoms with van der Waals surface area (Å²) in [4.78, 5) is 0. The Morgan fingerprint density at radius 3 is 2.42 bits per heavy atom. The minimum absolute atomic E-state index is 0.654. The molecule has 1 atom stereocenters. The van der Waals surface area contributed by atoms with Crippen molar-refractivity contribution in [2.24, 2.45) is 5.73 Å². The Labute approximate surface area is 121 Å². The number of thioether (sulfide) groups is 1. The fourth-order valence-corrected chi connectivity index (χ4v) is 3.05. The summed E-state index contributed by atoms with van der Waals surface area (Å²) in [6.45, 7) is 6.09. The summed E-state index contributed by atoms with van der Waals surface area (Å²) in [5, 5.41) is 8.82. The van der Waals surface area contributed by atoms with Crippen LogP contribution in [-0.2, 0) is 5.75 Å². The molecule has 0 aliphatic carbocycles. The van der Waals surface area contributed by atoms with Gasteiger partial charge in [0.1, 0.15) is 5.54 Å². The number of nitrogens with two attached hydrogens (primary N) is 1. The van der Waals surface area contributed by atoms with Gasteiger partial charge in [0.25, 0.3) is 0 Å². The fraction of sp³-hybridized carbons (Fsp3) is 0.562. The van der Waals surface area contributed by atoms with Crippen molar-refractivity contribution >= 4 is 11.8 Å². The molecule has 104 valence electrons. The van der Waals surface area contributed by atoms with E-state index in [0.29, 0.717) is 0 Å². The second kappa shape index (κ2) is 7.57. The lowest BCUT2D eigenvalue weighted by atomic mass is 9.99. The van der Waals surface area contributed by atoms with Crippen LogP contribution in [0.5, 0.6) is 0 Å². The van der Waals surface area contributed by atoms with Crippen LogP contribution in [0.3, 0.4) is 0 Å². The summed E-state index contributed by atoms with van der Waals surface area (Å²) in [6.07, 6.45) is 2.94. The van der Waals surface area contributed by atoms with Crippen molar-refractivity contribution in [3.05, 3.63) is 34.9 Å². The van der Waals surface area contributed by atoms with E-state index in [0.717, 1.165) is 30.8 Å². The first-order valence-corrected chi connectivity index (χ1v) is 7.93. The predicted octanol–water partition coefficient (Wildman–Crippen LogP) is 3.95. The Morgan fingerprint density at radius 2 is 1.84 bits per heavy atom. The molecule has 0 spiro atoms. The molecular weight excluding hydrogens is 252 g/mol. The minimum Gasteiger partial charge on any atom is -0.314 e. The maximum atomic E-state index is 8.82. The highest BCUT2D eigenvalue weighted by atomic mass is 32.2. The van der Waals surface area contributed by atoms with E-state index < -0.39 is 5.54 Å². The Balaban J connectivity index is 2.19. The first kappa shape index (κ1) is 16.1. The molecule has 0 radical (unpaired) electrons. The van der Waals surface area contributed by atoms with Gasteiger partial charge in [-0.1, -0.05) is 29.3 Å². The summed E-state index contributed by atoms with van der Waals surface area (Å²) in [6, 6.07) is 8.86. The van der Waals surface area contributed by atoms with E-state index in [1.165, 1.54) is 16.7 Å². The normalized spacial score (nSPS) is 13.8. The molecular formula is C16H24N2S. The SMILES string of the molecule is Cc1cc(C)cc(CSCCCCC(C)(N)C#N)c1. The van der Waals surface area contributed by atoms with E-state index in [4.69, 9.17) is 11.0 Å². The molecule has 0 aliphatic heterocycles. The molecule has 1 aromatic carbocycles. The predicted molar refractivity (Wildman–Crippen MR) is 84.1 cm³/mol. The molecule has 1 aromatic rings. The van der Waals surface area contributed by atoms with Gasteiger partial charge in [-0.25, -0.2) is 0 Å². The van der Waals surface area contributed by atoms with Crippen LogP contribution in [0.15, 0.2) is 18.2 Å². The van der Waals surface area contributed by atoms with Gasteiger partial charge >= 0.3 is 0 Å². The number of rotatable bonds is 7. The van der Waals surface area contributed by atoms with Crippen LogP contribution in [-0.4, -0.2) is 11.3 Å². The summed E-state index contributed by atoms with van der Waals surface area (Å²) in [7, 11) is 0. The molecule has 3 heteroatoms. The van der Waals surface area contributed by atoms with Gasteiger partial charge < -0.3 is 5.73 Å². The van der Waals surface area contributed by atoms with E-state index in [9.17, 15) is 0 Å². The summed E-state index contributed by atoms with van der Waals surface area (Å²) in [5.41, 5.74) is 9.21. The molecule has 0 amide bonds. The average Bonchev–Trinajstić information content (AvgIpc) is 2.32. The molecule has 19 heavy (non-hydrogen) atoms. The molecule has 0 aromatic heterocycles. The Morgan fingerprint density at radius 1 is 1.21 bits per heavy atom. The molecule has 0 heterocycles. The van der Waals surface area contributed by atoms with Crippen molar-refractivity contribution in [2.75, 3.05) is 5.75 Å². The zero-order valence-electron chi connectivity index (χ0n) is 12.2. The minimum atomic E-state index is -0.654. The zero-order chi connectivity index (χ0) is 14.3. The molecule has 2 nitrogen and oxygen atoms in total. The number of hydrogen-bond donors (Lipinski definition) is 1. The summed E-state index contributed by atoms with van der Waals surface area (Å²) >= 11 is 1.96. The topological polar surface area (TPSA) is 49.8 Å². The number of benzene rings is 1. The largest absolute Gasteiger partial charge is 0.314 e. The van der Waals surface area contributed by atoms with E-state index in [1.807, 2.05) is 11.8 Å². The average molecular weight is 276 g/mol. The van der Waals surface area contributed by atoms with Crippen molar-refractivity contribution in [1.82, 2.24) is 0 Å². The van der Waals surface area contributed by atoms with Crippen molar-refractivity contribution in [3.63, 3.8) is 0 Å². The first-order chi connectivity index (χ1) is 8.93. The van der Waals surface area contributed by atoms with E-state index in [2.05, 4.69) is 38.1 Å². The second-order valence-electron chi connectivity index (χ2n) is 5.53. The highest BCUT2D eigenvalue weighted by molar-refractivity contribution is 7.98. The third kappa shape index (κ3) is 6.66. The van der Waals surface area contributed by atoms with Gasteiger partial charge in [-0.05, 0) is 51.3 Å². The van der Waals surface area contributed by atoms with Gasteiger partial charge in [0.05, 0.1) is 6.07 Å². The number of nitriles is 1. The third-order valence-electron chi connectivity index (χ3n) is 3.04. The van der Waals surface area contributed by atoms with E-state index in [1.54, 1.807) is 6.92 Å². The summed E-state index contributed by atoms with van der Waals surface area (Å²) in [5.74, 6) is 2.20. The van der Waals surface area contributed by atoms with E-state index >= 15 is 0 Å². The quantitative estimate of drug-likeness (QED) is 0.767. The van der Waals surface area contributed by atoms with Crippen LogP contribution in [0, 0.1) is 25.2 Å². The number of aryl methyl sites for hydroxylation is 2. The lowest BCUT2D eigenvalue weighted by Crippen LogP contribution is -2.33. The maximum Gasteiger partial charge on any atom is 0.101 e.